The average Bonchev–Trinajstić information content (AvgIpc) is 3.55. The summed E-state index contributed by atoms with van der Waals surface area (Å²) in [6.45, 7) is 8.38. The van der Waals surface area contributed by atoms with Gasteiger partial charge in [-0.05, 0) is 70.4 Å². The third-order valence-electron chi connectivity index (χ3n) is 11.7. The standard InChI is InChI=1S/C34H45FN4O8/c1-18-12-25-23-7-10-33(46,20(3)40)32(23,5)15-27(34(25,35)31(4)9-6-22(41)14-24(18)31)47-28(42)8-11-39-16-21(37-17-39)13-26(30(44)45)38-29(43)19(2)36/h6,9,14,16-19,23,25-27,46H,7-8,10-13,15,36H2,1-5H3,(H,38,43)(H,44,45)/t18-,19?,23-,25-,26?,27-,31-,32-,33-,34-/m0/s1. The molecular weight excluding hydrogens is 611 g/mol. The molecule has 13 heteroatoms. The largest absolute Gasteiger partial charge is 0.480 e. The van der Waals surface area contributed by atoms with Gasteiger partial charge in [0.25, 0.3) is 0 Å². The maximum absolute atomic E-state index is 18.3. The van der Waals surface area contributed by atoms with E-state index in [1.54, 1.807) is 30.7 Å². The lowest BCUT2D eigenvalue weighted by atomic mass is 9.43. The molecule has 1 amide bonds. The molecule has 3 fully saturated rings. The lowest BCUT2D eigenvalue weighted by molar-refractivity contribution is -0.231. The molecule has 1 aromatic rings. The van der Waals surface area contributed by atoms with Crippen LogP contribution in [0.25, 0.3) is 0 Å². The number of ketones is 2. The number of imidazole rings is 1. The maximum Gasteiger partial charge on any atom is 0.326 e. The number of hydrogen-bond donors (Lipinski definition) is 4. The van der Waals surface area contributed by atoms with Crippen molar-refractivity contribution in [1.82, 2.24) is 14.9 Å². The van der Waals surface area contributed by atoms with Gasteiger partial charge in [-0.25, -0.2) is 14.2 Å². The SMILES string of the molecule is CC(=O)[C@@]1(O)CC[C@H]2[C@@H]3C[C@H](C)C4=CC(=O)C=C[C@]4(C)[C@@]3(F)[C@@H](OC(=O)CCn3cnc(CC(NC(=O)C(C)N)C(=O)O)c3)C[C@@]21C. The highest BCUT2D eigenvalue weighted by Crippen LogP contribution is 2.71. The molecule has 0 aliphatic heterocycles. The number of halogens is 1. The Kier molecular flexibility index (Phi) is 8.89. The number of aliphatic carboxylic acids is 1. The van der Waals surface area contributed by atoms with Crippen LogP contribution in [0.4, 0.5) is 4.39 Å². The predicted octanol–water partition coefficient (Wildman–Crippen LogP) is 2.22. The minimum absolute atomic E-state index is 0.0650. The van der Waals surface area contributed by atoms with Crippen LogP contribution in [0.1, 0.15) is 72.4 Å². The monoisotopic (exact) mass is 656 g/mol. The molecule has 1 heterocycles. The van der Waals surface area contributed by atoms with Gasteiger partial charge in [-0.15, -0.1) is 0 Å². The summed E-state index contributed by atoms with van der Waals surface area (Å²) in [7, 11) is 0. The molecule has 47 heavy (non-hydrogen) atoms. The van der Waals surface area contributed by atoms with E-state index in [4.69, 9.17) is 10.5 Å². The van der Waals surface area contributed by atoms with Gasteiger partial charge >= 0.3 is 11.9 Å². The van der Waals surface area contributed by atoms with E-state index in [1.807, 2.05) is 6.92 Å². The molecule has 4 aliphatic carbocycles. The number of ether oxygens (including phenoxy) is 1. The molecule has 10 atom stereocenters. The number of rotatable bonds is 10. The lowest BCUT2D eigenvalue weighted by Crippen LogP contribution is -2.70. The lowest BCUT2D eigenvalue weighted by Gasteiger charge is -2.64. The molecule has 5 rings (SSSR count). The first-order valence-electron chi connectivity index (χ1n) is 16.2. The van der Waals surface area contributed by atoms with Crippen molar-refractivity contribution in [1.29, 1.82) is 0 Å². The van der Waals surface area contributed by atoms with Gasteiger partial charge in [0.1, 0.15) is 17.7 Å². The smallest absolute Gasteiger partial charge is 0.326 e. The zero-order valence-electron chi connectivity index (χ0n) is 27.5. The van der Waals surface area contributed by atoms with Crippen molar-refractivity contribution in [3.05, 3.63) is 42.0 Å². The van der Waals surface area contributed by atoms with Crippen LogP contribution >= 0.6 is 0 Å². The van der Waals surface area contributed by atoms with E-state index >= 15 is 4.39 Å². The number of aryl methyl sites for hydroxylation is 1. The Bertz CT molecular complexity index is 1550. The molecule has 0 radical (unpaired) electrons. The number of carboxylic acids is 1. The highest BCUT2D eigenvalue weighted by molar-refractivity contribution is 6.01. The quantitative estimate of drug-likeness (QED) is 0.272. The highest BCUT2D eigenvalue weighted by Gasteiger charge is 2.75. The Labute approximate surface area is 273 Å². The molecule has 12 nitrogen and oxygen atoms in total. The van der Waals surface area contributed by atoms with Gasteiger partial charge in [0.05, 0.1) is 24.5 Å². The zero-order valence-corrected chi connectivity index (χ0v) is 27.5. The molecule has 3 saturated carbocycles. The highest BCUT2D eigenvalue weighted by atomic mass is 19.1. The van der Waals surface area contributed by atoms with Crippen molar-refractivity contribution in [3.8, 4) is 0 Å². The van der Waals surface area contributed by atoms with E-state index in [9.17, 15) is 34.2 Å². The van der Waals surface area contributed by atoms with Gasteiger partial charge in [0.2, 0.25) is 5.91 Å². The molecule has 0 spiro atoms. The van der Waals surface area contributed by atoms with Gasteiger partial charge in [-0.3, -0.25) is 19.2 Å². The molecular formula is C34H45FN4O8. The number of allylic oxidation sites excluding steroid dienone is 4. The molecule has 256 valence electrons. The van der Waals surface area contributed by atoms with Gasteiger partial charge in [-0.1, -0.05) is 25.5 Å². The van der Waals surface area contributed by atoms with E-state index in [0.29, 0.717) is 24.1 Å². The third-order valence-corrected chi connectivity index (χ3v) is 11.7. The first kappa shape index (κ1) is 34.6. The second-order valence-electron chi connectivity index (χ2n) is 14.5. The molecule has 0 bridgehead atoms. The fourth-order valence-corrected chi connectivity index (χ4v) is 9.06. The van der Waals surface area contributed by atoms with Crippen molar-refractivity contribution in [3.63, 3.8) is 0 Å². The molecule has 5 N–H and O–H groups in total. The predicted molar refractivity (Wildman–Crippen MR) is 166 cm³/mol. The van der Waals surface area contributed by atoms with Crippen LogP contribution in [-0.4, -0.2) is 78.6 Å². The van der Waals surface area contributed by atoms with Crippen molar-refractivity contribution in [2.75, 3.05) is 0 Å². The van der Waals surface area contributed by atoms with Gasteiger partial charge < -0.3 is 30.6 Å². The number of nitrogens with two attached hydrogens (primary N) is 1. The van der Waals surface area contributed by atoms with Crippen molar-refractivity contribution >= 4 is 29.4 Å². The first-order valence-corrected chi connectivity index (χ1v) is 16.2. The molecule has 0 aromatic carbocycles. The van der Waals surface area contributed by atoms with E-state index in [0.717, 1.165) is 0 Å². The Morgan fingerprint density at radius 3 is 2.60 bits per heavy atom. The van der Waals surface area contributed by atoms with Crippen LogP contribution in [0.3, 0.4) is 0 Å². The van der Waals surface area contributed by atoms with Crippen LogP contribution in [0, 0.1) is 28.6 Å². The number of aromatic nitrogens is 2. The minimum Gasteiger partial charge on any atom is -0.480 e. The fraction of sp³-hybridized carbons (Fsp3) is 0.647. The number of carbonyl (C=O) groups excluding carboxylic acids is 4. The second kappa shape index (κ2) is 12.1. The fourth-order valence-electron chi connectivity index (χ4n) is 9.06. The summed E-state index contributed by atoms with van der Waals surface area (Å²) >= 11 is 0. The van der Waals surface area contributed by atoms with E-state index in [2.05, 4.69) is 10.3 Å². The van der Waals surface area contributed by atoms with Crippen molar-refractivity contribution in [2.45, 2.75) is 109 Å². The summed E-state index contributed by atoms with van der Waals surface area (Å²) in [4.78, 5) is 66.5. The average molecular weight is 657 g/mol. The Morgan fingerprint density at radius 1 is 1.26 bits per heavy atom. The summed E-state index contributed by atoms with van der Waals surface area (Å²) in [6, 6.07) is -2.14. The first-order chi connectivity index (χ1) is 21.9. The Balaban J connectivity index is 1.37. The topological polar surface area (TPSA) is 191 Å². The number of alkyl halides is 1. The molecule has 2 unspecified atom stereocenters. The summed E-state index contributed by atoms with van der Waals surface area (Å²) in [5, 5.41) is 23.6. The summed E-state index contributed by atoms with van der Waals surface area (Å²) in [5.41, 5.74) is 0.464. The van der Waals surface area contributed by atoms with Gasteiger partial charge in [0, 0.05) is 35.9 Å². The Morgan fingerprint density at radius 2 is 1.96 bits per heavy atom. The number of carbonyl (C=O) groups is 5. The third kappa shape index (κ3) is 5.54. The number of hydrogen-bond acceptors (Lipinski definition) is 9. The van der Waals surface area contributed by atoms with E-state index in [1.165, 1.54) is 32.3 Å². The van der Waals surface area contributed by atoms with Crippen LogP contribution in [-0.2, 0) is 41.7 Å². The number of aliphatic hydroxyl groups is 1. The molecule has 4 aliphatic rings. The number of nitrogens with zero attached hydrogens (tertiary/aromatic N) is 2. The number of Topliss-reactive ketones (excluding diaryl/α,β-unsaturated/α-hetero) is 1. The summed E-state index contributed by atoms with van der Waals surface area (Å²) < 4.78 is 25.9. The summed E-state index contributed by atoms with van der Waals surface area (Å²) in [6.07, 6.45) is 6.78. The van der Waals surface area contributed by atoms with Crippen molar-refractivity contribution < 1.29 is 43.3 Å². The van der Waals surface area contributed by atoms with Crippen LogP contribution < -0.4 is 11.1 Å². The number of carboxylic acid groups (broad SMARTS) is 1. The second-order valence-corrected chi connectivity index (χ2v) is 14.5. The van der Waals surface area contributed by atoms with Crippen molar-refractivity contribution in [2.24, 2.45) is 34.3 Å². The zero-order chi connectivity index (χ0) is 34.7. The number of fused-ring (bicyclic) bond motifs is 5. The Hall–Kier alpha value is -3.71. The van der Waals surface area contributed by atoms with Gasteiger partial charge in [-0.2, -0.15) is 0 Å². The number of nitrogens with one attached hydrogen (secondary N) is 1. The normalized spacial score (nSPS) is 37.1. The number of esters is 1. The van der Waals surface area contributed by atoms with Crippen LogP contribution in [0.15, 0.2) is 36.3 Å². The maximum atomic E-state index is 18.3. The molecule has 1 aromatic heterocycles. The van der Waals surface area contributed by atoms with E-state index in [-0.39, 0.29) is 49.8 Å². The minimum atomic E-state index is -2.11. The van der Waals surface area contributed by atoms with E-state index < -0.39 is 69.8 Å². The number of amides is 1. The van der Waals surface area contributed by atoms with Crippen LogP contribution in [0.2, 0.25) is 0 Å². The van der Waals surface area contributed by atoms with Gasteiger partial charge in [0.15, 0.2) is 17.2 Å². The summed E-state index contributed by atoms with van der Waals surface area (Å²) in [5.74, 6) is -4.32. The molecule has 0 saturated heterocycles. The van der Waals surface area contributed by atoms with Crippen LogP contribution in [0.5, 0.6) is 0 Å².